The molecule has 0 fully saturated rings. The van der Waals surface area contributed by atoms with Crippen molar-refractivity contribution in [1.82, 2.24) is 14.9 Å². The molecule has 0 saturated heterocycles. The number of amides is 1. The number of aromatic nitrogens is 2. The van der Waals surface area contributed by atoms with Gasteiger partial charge in [0.2, 0.25) is 0 Å². The Morgan fingerprint density at radius 1 is 1.00 bits per heavy atom. The lowest BCUT2D eigenvalue weighted by Gasteiger charge is -2.17. The molecule has 0 spiro atoms. The van der Waals surface area contributed by atoms with E-state index in [2.05, 4.69) is 41.9 Å². The van der Waals surface area contributed by atoms with E-state index in [1.54, 1.807) is 0 Å². The molecule has 5 heteroatoms. The fourth-order valence-electron chi connectivity index (χ4n) is 4.21. The zero-order valence-corrected chi connectivity index (χ0v) is 20.4. The summed E-state index contributed by atoms with van der Waals surface area (Å²) >= 11 is 0. The van der Waals surface area contributed by atoms with Gasteiger partial charge in [-0.15, -0.1) is 0 Å². The van der Waals surface area contributed by atoms with E-state index in [9.17, 15) is 4.79 Å². The van der Waals surface area contributed by atoms with E-state index >= 15 is 0 Å². The van der Waals surface area contributed by atoms with Gasteiger partial charge in [0, 0.05) is 5.56 Å². The minimum atomic E-state index is -0.255. The van der Waals surface area contributed by atoms with Crippen LogP contribution in [0.25, 0.3) is 11.0 Å². The molecule has 1 N–H and O–H groups in total. The number of para-hydroxylation sites is 2. The van der Waals surface area contributed by atoms with E-state index in [1.807, 2.05) is 68.4 Å². The molecule has 4 rings (SSSR count). The fourth-order valence-corrected chi connectivity index (χ4v) is 4.21. The Bertz CT molecular complexity index is 1260. The number of benzene rings is 3. The molecule has 4 aromatic rings. The maximum absolute atomic E-state index is 12.9. The topological polar surface area (TPSA) is 56.1 Å². The van der Waals surface area contributed by atoms with E-state index in [1.165, 1.54) is 5.56 Å². The second-order valence-electron chi connectivity index (χ2n) is 8.85. The van der Waals surface area contributed by atoms with E-state index in [0.29, 0.717) is 24.6 Å². The lowest BCUT2D eigenvalue weighted by atomic mass is 9.99. The van der Waals surface area contributed by atoms with Gasteiger partial charge in [0.25, 0.3) is 5.91 Å². The Hall–Kier alpha value is -3.60. The maximum atomic E-state index is 12.9. The van der Waals surface area contributed by atoms with Crippen LogP contribution in [-0.2, 0) is 6.54 Å². The summed E-state index contributed by atoms with van der Waals surface area (Å²) in [7, 11) is 0. The number of ether oxygens (including phenoxy) is 1. The summed E-state index contributed by atoms with van der Waals surface area (Å²) in [4.78, 5) is 17.7. The molecule has 176 valence electrons. The van der Waals surface area contributed by atoms with Gasteiger partial charge in [-0.1, -0.05) is 56.3 Å². The van der Waals surface area contributed by atoms with Crippen LogP contribution in [0.3, 0.4) is 0 Å². The Balaban J connectivity index is 1.50. The van der Waals surface area contributed by atoms with Crippen LogP contribution in [-0.4, -0.2) is 22.1 Å². The number of imidazole rings is 1. The van der Waals surface area contributed by atoms with Crippen LogP contribution < -0.4 is 10.1 Å². The fraction of sp³-hybridized carbons (Fsp3) is 0.310. The first kappa shape index (κ1) is 23.6. The van der Waals surface area contributed by atoms with Gasteiger partial charge in [-0.25, -0.2) is 4.98 Å². The summed E-state index contributed by atoms with van der Waals surface area (Å²) in [5.41, 5.74) is 4.91. The third-order valence-electron chi connectivity index (χ3n) is 6.45. The number of nitrogens with zero attached hydrogens (tertiary/aromatic N) is 2. The number of fused-ring (bicyclic) bond motifs is 1. The highest BCUT2D eigenvalue weighted by atomic mass is 16.5. The average Bonchev–Trinajstić information content (AvgIpc) is 3.23. The molecule has 1 heterocycles. The van der Waals surface area contributed by atoms with Crippen molar-refractivity contribution in [2.45, 2.75) is 52.6 Å². The first-order valence-electron chi connectivity index (χ1n) is 12.0. The van der Waals surface area contributed by atoms with Crippen molar-refractivity contribution in [3.05, 3.63) is 95.3 Å². The minimum absolute atomic E-state index is 0.0955. The van der Waals surface area contributed by atoms with E-state index in [4.69, 9.17) is 9.72 Å². The zero-order chi connectivity index (χ0) is 24.1. The number of carbonyl (C=O) groups excluding carboxylic acids is 1. The number of hydrogen-bond acceptors (Lipinski definition) is 3. The quantitative estimate of drug-likeness (QED) is 0.316. The second-order valence-corrected chi connectivity index (χ2v) is 8.85. The first-order valence-corrected chi connectivity index (χ1v) is 12.0. The van der Waals surface area contributed by atoms with Crippen LogP contribution in [0.15, 0.2) is 72.8 Å². The number of aryl methyl sites for hydroxylation is 1. The van der Waals surface area contributed by atoms with Gasteiger partial charge in [0.15, 0.2) is 0 Å². The Labute approximate surface area is 201 Å². The third-order valence-corrected chi connectivity index (χ3v) is 6.45. The monoisotopic (exact) mass is 455 g/mol. The minimum Gasteiger partial charge on any atom is -0.492 e. The van der Waals surface area contributed by atoms with Gasteiger partial charge in [0.05, 0.1) is 23.6 Å². The Morgan fingerprint density at radius 2 is 1.71 bits per heavy atom. The predicted octanol–water partition coefficient (Wildman–Crippen LogP) is 6.43. The van der Waals surface area contributed by atoms with E-state index < -0.39 is 0 Å². The van der Waals surface area contributed by atoms with Gasteiger partial charge < -0.3 is 14.6 Å². The second kappa shape index (κ2) is 10.6. The van der Waals surface area contributed by atoms with Crippen LogP contribution in [0.1, 0.15) is 66.5 Å². The molecular weight excluding hydrogens is 422 g/mol. The van der Waals surface area contributed by atoms with Crippen molar-refractivity contribution in [2.75, 3.05) is 6.61 Å². The molecule has 1 aromatic heterocycles. The van der Waals surface area contributed by atoms with Gasteiger partial charge in [-0.05, 0) is 67.6 Å². The number of rotatable bonds is 9. The molecule has 0 aliphatic heterocycles. The summed E-state index contributed by atoms with van der Waals surface area (Å²) in [6.07, 6.45) is 1.12. The summed E-state index contributed by atoms with van der Waals surface area (Å²) in [6.45, 7) is 9.50. The smallest absolute Gasteiger partial charge is 0.252 e. The molecule has 34 heavy (non-hydrogen) atoms. The lowest BCUT2D eigenvalue weighted by molar-refractivity contribution is 0.0937. The first-order chi connectivity index (χ1) is 16.5. The highest BCUT2D eigenvalue weighted by Crippen LogP contribution is 2.23. The maximum Gasteiger partial charge on any atom is 0.252 e. The molecule has 2 unspecified atom stereocenters. The van der Waals surface area contributed by atoms with Gasteiger partial charge in [-0.2, -0.15) is 0 Å². The highest BCUT2D eigenvalue weighted by molar-refractivity contribution is 5.95. The van der Waals surface area contributed by atoms with Crippen molar-refractivity contribution >= 4 is 16.9 Å². The molecule has 0 aliphatic carbocycles. The van der Waals surface area contributed by atoms with Crippen molar-refractivity contribution < 1.29 is 9.53 Å². The molecule has 0 saturated carbocycles. The van der Waals surface area contributed by atoms with Crippen molar-refractivity contribution in [1.29, 1.82) is 0 Å². The summed E-state index contributed by atoms with van der Waals surface area (Å²) < 4.78 is 8.21. The van der Waals surface area contributed by atoms with Crippen molar-refractivity contribution in [3.63, 3.8) is 0 Å². The van der Waals surface area contributed by atoms with Crippen LogP contribution in [0.2, 0.25) is 0 Å². The van der Waals surface area contributed by atoms with Crippen LogP contribution in [0.5, 0.6) is 5.75 Å². The summed E-state index contributed by atoms with van der Waals surface area (Å²) in [5, 5.41) is 3.12. The number of hydrogen-bond donors (Lipinski definition) is 1. The zero-order valence-electron chi connectivity index (χ0n) is 20.4. The number of nitrogens with one attached hydrogen (secondary N) is 1. The largest absolute Gasteiger partial charge is 0.492 e. The van der Waals surface area contributed by atoms with Crippen LogP contribution in [0, 0.1) is 6.92 Å². The standard InChI is InChI=1S/C29H33N3O2/c1-5-20(2)23-14-16-24(17-15-23)34-19-18-32-27-13-9-8-12-26(27)31-28(32)22(4)30-29(33)25-11-7-6-10-21(25)3/h6-17,20,22H,5,18-19H2,1-4H3,(H,30,33). The Morgan fingerprint density at radius 3 is 2.44 bits per heavy atom. The molecule has 0 aliphatic rings. The predicted molar refractivity (Wildman–Crippen MR) is 137 cm³/mol. The SMILES string of the molecule is CCC(C)c1ccc(OCCn2c(C(C)NC(=O)c3ccccc3C)nc3ccccc32)cc1. The van der Waals surface area contributed by atoms with Gasteiger partial charge >= 0.3 is 0 Å². The molecule has 1 amide bonds. The van der Waals surface area contributed by atoms with E-state index in [-0.39, 0.29) is 11.9 Å². The molecule has 5 nitrogen and oxygen atoms in total. The lowest BCUT2D eigenvalue weighted by Crippen LogP contribution is -2.29. The third kappa shape index (κ3) is 5.14. The number of carbonyl (C=O) groups is 1. The van der Waals surface area contributed by atoms with Crippen LogP contribution >= 0.6 is 0 Å². The molecule has 0 bridgehead atoms. The molecule has 2 atom stereocenters. The molecular formula is C29H33N3O2. The highest BCUT2D eigenvalue weighted by Gasteiger charge is 2.19. The summed E-state index contributed by atoms with van der Waals surface area (Å²) in [6, 6.07) is 23.8. The normalized spacial score (nSPS) is 12.9. The molecule has 0 radical (unpaired) electrons. The van der Waals surface area contributed by atoms with E-state index in [0.717, 1.165) is 34.6 Å². The van der Waals surface area contributed by atoms with Crippen molar-refractivity contribution in [2.24, 2.45) is 0 Å². The summed E-state index contributed by atoms with van der Waals surface area (Å²) in [5.74, 6) is 2.13. The Kier molecular flexibility index (Phi) is 7.31. The van der Waals surface area contributed by atoms with Crippen molar-refractivity contribution in [3.8, 4) is 5.75 Å². The van der Waals surface area contributed by atoms with Crippen LogP contribution in [0.4, 0.5) is 0 Å². The molecule has 3 aromatic carbocycles. The van der Waals surface area contributed by atoms with Gasteiger partial charge in [0.1, 0.15) is 18.2 Å². The van der Waals surface area contributed by atoms with Gasteiger partial charge in [-0.3, -0.25) is 4.79 Å². The average molecular weight is 456 g/mol.